The lowest BCUT2D eigenvalue weighted by Crippen LogP contribution is -2.29. The van der Waals surface area contributed by atoms with Crippen molar-refractivity contribution in [3.8, 4) is 0 Å². The molecule has 1 aromatic heterocycles. The second-order valence-corrected chi connectivity index (χ2v) is 6.04. The molecule has 0 saturated carbocycles. The molecule has 0 spiro atoms. The van der Waals surface area contributed by atoms with Crippen molar-refractivity contribution in [1.82, 2.24) is 4.90 Å². The van der Waals surface area contributed by atoms with Crippen LogP contribution < -0.4 is 0 Å². The van der Waals surface area contributed by atoms with Gasteiger partial charge in [0.15, 0.2) is 0 Å². The van der Waals surface area contributed by atoms with Crippen LogP contribution in [0, 0.1) is 0 Å². The number of likely N-dealkylation sites (tertiary alicyclic amines) is 1. The van der Waals surface area contributed by atoms with Crippen LogP contribution in [0.5, 0.6) is 0 Å². The van der Waals surface area contributed by atoms with Crippen molar-refractivity contribution in [2.24, 2.45) is 0 Å². The van der Waals surface area contributed by atoms with Crippen LogP contribution in [0.25, 0.3) is 0 Å². The zero-order chi connectivity index (χ0) is 10.7. The number of thiophene rings is 1. The molecule has 1 saturated heterocycles. The molecule has 1 aliphatic rings. The molecule has 84 valence electrons. The van der Waals surface area contributed by atoms with Crippen LogP contribution >= 0.6 is 27.3 Å². The van der Waals surface area contributed by atoms with Gasteiger partial charge in [-0.3, -0.25) is 4.90 Å². The minimum atomic E-state index is 0.761. The van der Waals surface area contributed by atoms with E-state index in [2.05, 4.69) is 39.9 Å². The van der Waals surface area contributed by atoms with Crippen molar-refractivity contribution < 1.29 is 0 Å². The summed E-state index contributed by atoms with van der Waals surface area (Å²) in [5, 5.41) is 1.12. The van der Waals surface area contributed by atoms with Gasteiger partial charge in [0, 0.05) is 27.7 Å². The average molecular weight is 288 g/mol. The highest BCUT2D eigenvalue weighted by Gasteiger charge is 2.23. The molecule has 1 nitrogen and oxygen atoms in total. The molecular weight excluding hydrogens is 270 g/mol. The maximum Gasteiger partial charge on any atom is 0.0331 e. The van der Waals surface area contributed by atoms with E-state index in [0.717, 1.165) is 17.9 Å². The minimum absolute atomic E-state index is 0.761. The summed E-state index contributed by atoms with van der Waals surface area (Å²) in [7, 11) is 0. The molecule has 0 aromatic carbocycles. The Morgan fingerprint density at radius 3 is 2.93 bits per heavy atom. The Kier molecular flexibility index (Phi) is 4.23. The highest BCUT2D eigenvalue weighted by molar-refractivity contribution is 9.09. The summed E-state index contributed by atoms with van der Waals surface area (Å²) < 4.78 is 0. The molecule has 0 radical (unpaired) electrons. The lowest BCUT2D eigenvalue weighted by molar-refractivity contribution is 0.267. The van der Waals surface area contributed by atoms with E-state index in [1.165, 1.54) is 35.6 Å². The average Bonchev–Trinajstić information content (AvgIpc) is 2.87. The van der Waals surface area contributed by atoms with Crippen LogP contribution in [0.3, 0.4) is 0 Å². The van der Waals surface area contributed by atoms with Gasteiger partial charge in [0.05, 0.1) is 0 Å². The van der Waals surface area contributed by atoms with Crippen molar-refractivity contribution in [1.29, 1.82) is 0 Å². The van der Waals surface area contributed by atoms with Gasteiger partial charge in [-0.2, -0.15) is 0 Å². The van der Waals surface area contributed by atoms with Crippen LogP contribution in [-0.2, 0) is 13.0 Å². The first-order valence-electron chi connectivity index (χ1n) is 5.71. The summed E-state index contributed by atoms with van der Waals surface area (Å²) in [5.41, 5.74) is 0. The van der Waals surface area contributed by atoms with Gasteiger partial charge in [-0.05, 0) is 37.9 Å². The molecule has 0 amide bonds. The summed E-state index contributed by atoms with van der Waals surface area (Å²) in [4.78, 5) is 5.65. The number of alkyl halides is 1. The molecule has 0 N–H and O–H groups in total. The van der Waals surface area contributed by atoms with E-state index in [0.29, 0.717) is 0 Å². The Morgan fingerprint density at radius 2 is 2.27 bits per heavy atom. The predicted octanol–water partition coefficient (Wildman–Crippen LogP) is 3.67. The molecule has 15 heavy (non-hydrogen) atoms. The van der Waals surface area contributed by atoms with E-state index < -0.39 is 0 Å². The fraction of sp³-hybridized carbons (Fsp3) is 0.667. The van der Waals surface area contributed by atoms with Crippen LogP contribution in [-0.4, -0.2) is 22.8 Å². The summed E-state index contributed by atoms with van der Waals surface area (Å²) in [6.07, 6.45) is 3.89. The van der Waals surface area contributed by atoms with Gasteiger partial charge in [-0.1, -0.05) is 22.9 Å². The Labute approximate surface area is 105 Å². The first kappa shape index (κ1) is 11.6. The molecule has 3 heteroatoms. The van der Waals surface area contributed by atoms with Crippen molar-refractivity contribution in [3.63, 3.8) is 0 Å². The Bertz CT molecular complexity index is 310. The van der Waals surface area contributed by atoms with E-state index in [9.17, 15) is 0 Å². The molecule has 1 unspecified atom stereocenters. The molecule has 2 heterocycles. The quantitative estimate of drug-likeness (QED) is 0.764. The lowest BCUT2D eigenvalue weighted by Gasteiger charge is -2.21. The molecule has 0 aliphatic carbocycles. The van der Waals surface area contributed by atoms with Gasteiger partial charge in [0.25, 0.3) is 0 Å². The van der Waals surface area contributed by atoms with Crippen molar-refractivity contribution in [2.75, 3.05) is 11.9 Å². The second-order valence-electron chi connectivity index (χ2n) is 4.14. The monoisotopic (exact) mass is 287 g/mol. The van der Waals surface area contributed by atoms with E-state index in [4.69, 9.17) is 0 Å². The van der Waals surface area contributed by atoms with Gasteiger partial charge >= 0.3 is 0 Å². The first-order valence-corrected chi connectivity index (χ1v) is 7.65. The van der Waals surface area contributed by atoms with Crippen molar-refractivity contribution in [3.05, 3.63) is 21.9 Å². The fourth-order valence-corrected chi connectivity index (χ4v) is 3.89. The van der Waals surface area contributed by atoms with E-state index in [1.54, 1.807) is 0 Å². The standard InChI is InChI=1S/C12H18BrNS/c1-2-11-5-6-12(15-11)9-14-7-3-4-10(14)8-13/h5-6,10H,2-4,7-9H2,1H3. The summed E-state index contributed by atoms with van der Waals surface area (Å²) in [6.45, 7) is 4.66. The Balaban J connectivity index is 1.95. The number of aryl methyl sites for hydroxylation is 1. The third-order valence-electron chi connectivity index (χ3n) is 3.10. The third-order valence-corrected chi connectivity index (χ3v) is 5.06. The van der Waals surface area contributed by atoms with Gasteiger partial charge in [0.2, 0.25) is 0 Å². The van der Waals surface area contributed by atoms with Gasteiger partial charge in [-0.25, -0.2) is 0 Å². The summed E-state index contributed by atoms with van der Waals surface area (Å²) >= 11 is 5.59. The number of rotatable bonds is 4. The van der Waals surface area contributed by atoms with Crippen molar-refractivity contribution >= 4 is 27.3 Å². The SMILES string of the molecule is CCc1ccc(CN2CCCC2CBr)s1. The van der Waals surface area contributed by atoms with Gasteiger partial charge in [-0.15, -0.1) is 11.3 Å². The first-order chi connectivity index (χ1) is 7.33. The Hall–Kier alpha value is 0.140. The molecule has 1 aromatic rings. The largest absolute Gasteiger partial charge is 0.294 e. The summed E-state index contributed by atoms with van der Waals surface area (Å²) in [5.74, 6) is 0. The highest BCUT2D eigenvalue weighted by Crippen LogP contribution is 2.24. The van der Waals surface area contributed by atoms with E-state index in [-0.39, 0.29) is 0 Å². The highest BCUT2D eigenvalue weighted by atomic mass is 79.9. The predicted molar refractivity (Wildman–Crippen MR) is 70.9 cm³/mol. The molecule has 1 aliphatic heterocycles. The maximum absolute atomic E-state index is 3.61. The topological polar surface area (TPSA) is 3.24 Å². The van der Waals surface area contributed by atoms with Gasteiger partial charge in [0.1, 0.15) is 0 Å². The van der Waals surface area contributed by atoms with Crippen LogP contribution in [0.1, 0.15) is 29.5 Å². The normalized spacial score (nSPS) is 22.4. The number of hydrogen-bond acceptors (Lipinski definition) is 2. The molecule has 2 rings (SSSR count). The van der Waals surface area contributed by atoms with Crippen LogP contribution in [0.4, 0.5) is 0 Å². The molecule has 1 fully saturated rings. The van der Waals surface area contributed by atoms with E-state index in [1.807, 2.05) is 11.3 Å². The van der Waals surface area contributed by atoms with Crippen LogP contribution in [0.2, 0.25) is 0 Å². The third kappa shape index (κ3) is 2.83. The number of hydrogen-bond donors (Lipinski definition) is 0. The zero-order valence-electron chi connectivity index (χ0n) is 9.21. The molecule has 1 atom stereocenters. The minimum Gasteiger partial charge on any atom is -0.294 e. The fourth-order valence-electron chi connectivity index (χ4n) is 2.18. The lowest BCUT2D eigenvalue weighted by atomic mass is 10.2. The van der Waals surface area contributed by atoms with E-state index >= 15 is 0 Å². The summed E-state index contributed by atoms with van der Waals surface area (Å²) in [6, 6.07) is 5.34. The second kappa shape index (κ2) is 5.46. The molecular formula is C12H18BrNS. The maximum atomic E-state index is 3.61. The zero-order valence-corrected chi connectivity index (χ0v) is 11.6. The van der Waals surface area contributed by atoms with Crippen molar-refractivity contribution in [2.45, 2.75) is 38.8 Å². The van der Waals surface area contributed by atoms with Crippen LogP contribution in [0.15, 0.2) is 12.1 Å². The smallest absolute Gasteiger partial charge is 0.0331 e. The Morgan fingerprint density at radius 1 is 1.47 bits per heavy atom. The molecule has 0 bridgehead atoms. The van der Waals surface area contributed by atoms with Gasteiger partial charge < -0.3 is 0 Å². The number of halogens is 1. The number of nitrogens with zero attached hydrogens (tertiary/aromatic N) is 1.